The zero-order valence-corrected chi connectivity index (χ0v) is 20.3. The molecule has 2 aliphatic rings. The van der Waals surface area contributed by atoms with E-state index in [2.05, 4.69) is 132 Å². The molecule has 0 saturated carbocycles. The second-order valence-corrected chi connectivity index (χ2v) is 9.94. The van der Waals surface area contributed by atoms with E-state index < -0.39 is 0 Å². The Morgan fingerprint density at radius 2 is 0.941 bits per heavy atom. The minimum absolute atomic E-state index is 0.0434. The molecule has 0 aromatic heterocycles. The normalized spacial score (nSPS) is 12.7. The molecule has 0 unspecified atom stereocenters. The topological polar surface area (TPSA) is 18.5 Å². The zero-order chi connectivity index (χ0) is 22.6. The largest absolute Gasteiger partial charge is 0.458 e. The van der Waals surface area contributed by atoms with Crippen molar-refractivity contribution in [2.24, 2.45) is 0 Å². The van der Waals surface area contributed by atoms with E-state index in [-0.39, 0.29) is 6.71 Å². The second-order valence-electron chi connectivity index (χ2n) is 8.69. The molecule has 5 aromatic carbocycles. The van der Waals surface area contributed by atoms with Crippen molar-refractivity contribution in [3.63, 3.8) is 0 Å². The molecule has 5 aromatic rings. The smallest absolute Gasteiger partial charge is 0.260 e. The van der Waals surface area contributed by atoms with Crippen LogP contribution in [0.2, 0.25) is 0 Å². The summed E-state index contributed by atoms with van der Waals surface area (Å²) in [6.07, 6.45) is 0. The van der Waals surface area contributed by atoms with E-state index in [0.29, 0.717) is 0 Å². The maximum atomic E-state index is 6.44. The Morgan fingerprint density at radius 3 is 1.41 bits per heavy atom. The highest BCUT2D eigenvalue weighted by Gasteiger charge is 2.40. The molecule has 0 bridgehead atoms. The SMILES string of the molecule is Ic1cc2c3c(c1)Oc1ccc(-c4ccccc4)cc1B3c1cc(-c3ccccc3)ccc1O2. The van der Waals surface area contributed by atoms with Crippen molar-refractivity contribution in [3.05, 3.63) is 113 Å². The monoisotopic (exact) mass is 548 g/mol. The second kappa shape index (κ2) is 7.78. The van der Waals surface area contributed by atoms with Crippen molar-refractivity contribution < 1.29 is 9.47 Å². The standard InChI is InChI=1S/C30H18BIO2/c32-23-17-28-30-29(18-23)34-27-14-12-22(20-9-5-2-6-10-20)16-25(27)31(30)24-15-21(11-13-26(24)33-28)19-7-3-1-4-8-19/h1-18H. The fraction of sp³-hybridized carbons (Fsp3) is 0. The first kappa shape index (κ1) is 19.9. The van der Waals surface area contributed by atoms with Gasteiger partial charge in [-0.15, -0.1) is 0 Å². The van der Waals surface area contributed by atoms with Crippen molar-refractivity contribution in [3.8, 4) is 45.3 Å². The molecule has 160 valence electrons. The van der Waals surface area contributed by atoms with Gasteiger partial charge in [0.15, 0.2) is 0 Å². The highest BCUT2D eigenvalue weighted by atomic mass is 127. The molecule has 34 heavy (non-hydrogen) atoms. The molecular weight excluding hydrogens is 530 g/mol. The first-order valence-electron chi connectivity index (χ1n) is 11.3. The predicted octanol–water partition coefficient (Wildman–Crippen LogP) is 6.35. The molecule has 0 amide bonds. The van der Waals surface area contributed by atoms with Gasteiger partial charge in [-0.2, -0.15) is 0 Å². The molecule has 0 saturated heterocycles. The lowest BCUT2D eigenvalue weighted by atomic mass is 9.34. The number of hydrogen-bond donors (Lipinski definition) is 0. The van der Waals surface area contributed by atoms with Crippen LogP contribution in [0, 0.1) is 3.57 Å². The van der Waals surface area contributed by atoms with E-state index in [0.717, 1.165) is 32.0 Å². The maximum absolute atomic E-state index is 6.44. The highest BCUT2D eigenvalue weighted by Crippen LogP contribution is 2.37. The first-order chi connectivity index (χ1) is 16.7. The van der Waals surface area contributed by atoms with E-state index in [9.17, 15) is 0 Å². The maximum Gasteiger partial charge on any atom is 0.260 e. The summed E-state index contributed by atoms with van der Waals surface area (Å²) >= 11 is 2.33. The quantitative estimate of drug-likeness (QED) is 0.185. The van der Waals surface area contributed by atoms with E-state index in [1.165, 1.54) is 33.2 Å². The molecule has 7 rings (SSSR count). The summed E-state index contributed by atoms with van der Waals surface area (Å²) in [5.74, 6) is 3.57. The molecule has 0 atom stereocenters. The minimum atomic E-state index is 0.0434. The number of ether oxygens (including phenoxy) is 2. The Labute approximate surface area is 212 Å². The molecular formula is C30H18BIO2. The average molecular weight is 548 g/mol. The Balaban J connectivity index is 1.47. The summed E-state index contributed by atoms with van der Waals surface area (Å²) in [6, 6.07) is 38.3. The third-order valence-electron chi connectivity index (χ3n) is 6.65. The Morgan fingerprint density at radius 1 is 0.471 bits per heavy atom. The summed E-state index contributed by atoms with van der Waals surface area (Å²) < 4.78 is 14.0. The van der Waals surface area contributed by atoms with E-state index in [4.69, 9.17) is 9.47 Å². The van der Waals surface area contributed by atoms with Crippen molar-refractivity contribution in [1.82, 2.24) is 0 Å². The van der Waals surface area contributed by atoms with Gasteiger partial charge in [0.25, 0.3) is 6.71 Å². The minimum Gasteiger partial charge on any atom is -0.458 e. The highest BCUT2D eigenvalue weighted by molar-refractivity contribution is 14.1. The van der Waals surface area contributed by atoms with Crippen molar-refractivity contribution in [1.29, 1.82) is 0 Å². The Bertz CT molecular complexity index is 1450. The van der Waals surface area contributed by atoms with Gasteiger partial charge in [0.2, 0.25) is 0 Å². The summed E-state index contributed by atoms with van der Waals surface area (Å²) in [5.41, 5.74) is 8.22. The lowest BCUT2D eigenvalue weighted by Crippen LogP contribution is -2.57. The molecule has 2 aliphatic heterocycles. The van der Waals surface area contributed by atoms with Crippen molar-refractivity contribution in [2.45, 2.75) is 0 Å². The summed E-state index contributed by atoms with van der Waals surface area (Å²) in [6.45, 7) is 0.0434. The van der Waals surface area contributed by atoms with Gasteiger partial charge in [0, 0.05) is 9.03 Å². The Hall–Kier alpha value is -3.51. The number of hydrogen-bond acceptors (Lipinski definition) is 2. The molecule has 0 spiro atoms. The van der Waals surface area contributed by atoms with Crippen LogP contribution in [0.5, 0.6) is 23.0 Å². The van der Waals surface area contributed by atoms with Gasteiger partial charge in [-0.1, -0.05) is 84.9 Å². The van der Waals surface area contributed by atoms with Crippen LogP contribution in [0.15, 0.2) is 109 Å². The lowest BCUT2D eigenvalue weighted by Gasteiger charge is -2.33. The third kappa shape index (κ3) is 3.17. The molecule has 0 N–H and O–H groups in total. The van der Waals surface area contributed by atoms with E-state index >= 15 is 0 Å². The number of rotatable bonds is 2. The number of benzene rings is 5. The van der Waals surface area contributed by atoms with Gasteiger partial charge >= 0.3 is 0 Å². The number of fused-ring (bicyclic) bond motifs is 4. The van der Waals surface area contributed by atoms with Crippen LogP contribution in [0.4, 0.5) is 0 Å². The molecule has 0 radical (unpaired) electrons. The summed E-state index contributed by atoms with van der Waals surface area (Å²) in [7, 11) is 0. The summed E-state index contributed by atoms with van der Waals surface area (Å²) in [5, 5.41) is 0. The van der Waals surface area contributed by atoms with E-state index in [1.807, 2.05) is 0 Å². The van der Waals surface area contributed by atoms with Crippen LogP contribution in [0.25, 0.3) is 22.3 Å². The fourth-order valence-corrected chi connectivity index (χ4v) is 5.66. The van der Waals surface area contributed by atoms with Gasteiger partial charge < -0.3 is 9.47 Å². The molecule has 0 fully saturated rings. The molecule has 0 aliphatic carbocycles. The third-order valence-corrected chi connectivity index (χ3v) is 7.28. The van der Waals surface area contributed by atoms with Crippen LogP contribution in [-0.2, 0) is 0 Å². The Kier molecular flexibility index (Phi) is 4.56. The molecule has 2 nitrogen and oxygen atoms in total. The van der Waals surface area contributed by atoms with Crippen LogP contribution >= 0.6 is 22.6 Å². The number of halogens is 1. The van der Waals surface area contributed by atoms with Gasteiger partial charge in [-0.05, 0) is 80.0 Å². The summed E-state index contributed by atoms with van der Waals surface area (Å²) in [4.78, 5) is 0. The van der Waals surface area contributed by atoms with Crippen LogP contribution in [0.3, 0.4) is 0 Å². The van der Waals surface area contributed by atoms with Crippen LogP contribution in [0.1, 0.15) is 0 Å². The van der Waals surface area contributed by atoms with Crippen LogP contribution in [-0.4, -0.2) is 6.71 Å². The predicted molar refractivity (Wildman–Crippen MR) is 148 cm³/mol. The van der Waals surface area contributed by atoms with Gasteiger partial charge in [0.05, 0.1) is 0 Å². The molecule has 2 heterocycles. The fourth-order valence-electron chi connectivity index (χ4n) is 5.09. The zero-order valence-electron chi connectivity index (χ0n) is 18.2. The average Bonchev–Trinajstić information content (AvgIpc) is 2.88. The molecule has 4 heteroatoms. The van der Waals surface area contributed by atoms with Gasteiger partial charge in [-0.25, -0.2) is 0 Å². The van der Waals surface area contributed by atoms with Crippen molar-refractivity contribution in [2.75, 3.05) is 0 Å². The van der Waals surface area contributed by atoms with Crippen LogP contribution < -0.4 is 25.9 Å². The van der Waals surface area contributed by atoms with Gasteiger partial charge in [0.1, 0.15) is 23.0 Å². The first-order valence-corrected chi connectivity index (χ1v) is 12.4. The van der Waals surface area contributed by atoms with Crippen molar-refractivity contribution >= 4 is 45.7 Å². The van der Waals surface area contributed by atoms with E-state index in [1.54, 1.807) is 0 Å². The van der Waals surface area contributed by atoms with Gasteiger partial charge in [-0.3, -0.25) is 0 Å². The lowest BCUT2D eigenvalue weighted by molar-refractivity contribution is 0.464.